The summed E-state index contributed by atoms with van der Waals surface area (Å²) < 4.78 is 1.92. The molecule has 0 aliphatic carbocycles. The number of nitrogens with zero attached hydrogens (tertiary/aromatic N) is 5. The summed E-state index contributed by atoms with van der Waals surface area (Å²) in [4.78, 5) is 18.4. The molecule has 0 saturated carbocycles. The van der Waals surface area contributed by atoms with Crippen LogP contribution in [0.1, 0.15) is 26.2 Å². The van der Waals surface area contributed by atoms with Crippen LogP contribution in [0.3, 0.4) is 0 Å². The Labute approximate surface area is 140 Å². The number of carbonyl (C=O) groups excluding carboxylic acids is 1. The summed E-state index contributed by atoms with van der Waals surface area (Å²) in [6, 6.07) is 4.15. The molecule has 1 amide bonds. The van der Waals surface area contributed by atoms with E-state index in [0.29, 0.717) is 11.8 Å². The topological polar surface area (TPSA) is 63.9 Å². The molecule has 1 aliphatic rings. The number of likely N-dealkylation sites (tertiary alicyclic amines) is 1. The average Bonchev–Trinajstić information content (AvgIpc) is 2.94. The van der Waals surface area contributed by atoms with Crippen molar-refractivity contribution >= 4 is 17.7 Å². The van der Waals surface area contributed by atoms with Gasteiger partial charge in [-0.15, -0.1) is 10.2 Å². The molecule has 6 nitrogen and oxygen atoms in total. The number of aromatic nitrogens is 4. The highest BCUT2D eigenvalue weighted by Crippen LogP contribution is 2.23. The average molecular weight is 331 g/mol. The fourth-order valence-electron chi connectivity index (χ4n) is 2.87. The fraction of sp³-hybridized carbons (Fsp3) is 0.500. The van der Waals surface area contributed by atoms with Crippen LogP contribution >= 0.6 is 11.8 Å². The molecule has 7 heteroatoms. The summed E-state index contributed by atoms with van der Waals surface area (Å²) in [7, 11) is 1.92. The van der Waals surface area contributed by atoms with Crippen molar-refractivity contribution in [2.75, 3.05) is 12.3 Å². The Bertz CT molecular complexity index is 672. The molecule has 0 spiro atoms. The minimum absolute atomic E-state index is 0.190. The van der Waals surface area contributed by atoms with Crippen LogP contribution in [0.2, 0.25) is 0 Å². The summed E-state index contributed by atoms with van der Waals surface area (Å²) >= 11 is 1.45. The minimum atomic E-state index is 0.190. The molecule has 3 heterocycles. The minimum Gasteiger partial charge on any atom is -0.339 e. The number of piperidine rings is 1. The summed E-state index contributed by atoms with van der Waals surface area (Å²) in [6.07, 6.45) is 6.90. The number of carbonyl (C=O) groups is 1. The Morgan fingerprint density at radius 3 is 2.83 bits per heavy atom. The van der Waals surface area contributed by atoms with Crippen LogP contribution in [0.15, 0.2) is 29.7 Å². The first-order valence-electron chi connectivity index (χ1n) is 7.89. The molecule has 1 atom stereocenters. The molecule has 0 bridgehead atoms. The van der Waals surface area contributed by atoms with Crippen LogP contribution in [-0.4, -0.2) is 48.9 Å². The third-order valence-electron chi connectivity index (χ3n) is 4.22. The zero-order chi connectivity index (χ0) is 16.2. The van der Waals surface area contributed by atoms with E-state index in [9.17, 15) is 4.79 Å². The predicted molar refractivity (Wildman–Crippen MR) is 90.0 cm³/mol. The molecule has 0 radical (unpaired) electrons. The molecule has 1 saturated heterocycles. The first-order chi connectivity index (χ1) is 11.2. The van der Waals surface area contributed by atoms with Crippen LogP contribution < -0.4 is 0 Å². The van der Waals surface area contributed by atoms with Crippen LogP contribution in [0.25, 0.3) is 11.4 Å². The van der Waals surface area contributed by atoms with Gasteiger partial charge in [0.1, 0.15) is 0 Å². The molecule has 2 aromatic heterocycles. The summed E-state index contributed by atoms with van der Waals surface area (Å²) in [5, 5.41) is 9.20. The van der Waals surface area contributed by atoms with Crippen molar-refractivity contribution in [1.82, 2.24) is 24.6 Å². The molecular formula is C16H21N5OS. The number of pyridine rings is 1. The van der Waals surface area contributed by atoms with Crippen molar-refractivity contribution in [3.8, 4) is 11.4 Å². The van der Waals surface area contributed by atoms with E-state index in [4.69, 9.17) is 0 Å². The van der Waals surface area contributed by atoms with Gasteiger partial charge in [-0.1, -0.05) is 11.8 Å². The number of thioether (sulfide) groups is 1. The first kappa shape index (κ1) is 16.0. The maximum absolute atomic E-state index is 12.4. The maximum atomic E-state index is 12.4. The number of rotatable bonds is 4. The zero-order valence-corrected chi connectivity index (χ0v) is 14.3. The lowest BCUT2D eigenvalue weighted by atomic mass is 10.0. The van der Waals surface area contributed by atoms with E-state index >= 15 is 0 Å². The molecule has 23 heavy (non-hydrogen) atoms. The highest BCUT2D eigenvalue weighted by atomic mass is 32.2. The van der Waals surface area contributed by atoms with Crippen molar-refractivity contribution in [2.24, 2.45) is 7.05 Å². The van der Waals surface area contributed by atoms with Gasteiger partial charge in [0.2, 0.25) is 5.91 Å². The van der Waals surface area contributed by atoms with E-state index in [1.165, 1.54) is 18.2 Å². The van der Waals surface area contributed by atoms with Gasteiger partial charge in [0, 0.05) is 37.6 Å². The van der Waals surface area contributed by atoms with Gasteiger partial charge in [-0.05, 0) is 38.3 Å². The fourth-order valence-corrected chi connectivity index (χ4v) is 3.67. The normalized spacial score (nSPS) is 18.2. The number of hydrogen-bond donors (Lipinski definition) is 0. The van der Waals surface area contributed by atoms with Gasteiger partial charge in [0.05, 0.1) is 5.75 Å². The number of amides is 1. The monoisotopic (exact) mass is 331 g/mol. The van der Waals surface area contributed by atoms with Gasteiger partial charge in [-0.2, -0.15) is 0 Å². The third kappa shape index (κ3) is 3.55. The third-order valence-corrected chi connectivity index (χ3v) is 5.23. The van der Waals surface area contributed by atoms with Crippen molar-refractivity contribution in [1.29, 1.82) is 0 Å². The second-order valence-corrected chi connectivity index (χ2v) is 6.76. The quantitative estimate of drug-likeness (QED) is 0.805. The van der Waals surface area contributed by atoms with E-state index in [1.54, 1.807) is 12.4 Å². The zero-order valence-electron chi connectivity index (χ0n) is 13.5. The first-order valence-corrected chi connectivity index (χ1v) is 8.87. The van der Waals surface area contributed by atoms with Crippen LogP contribution in [-0.2, 0) is 11.8 Å². The molecule has 0 aromatic carbocycles. The van der Waals surface area contributed by atoms with E-state index in [2.05, 4.69) is 22.1 Å². The SMILES string of the molecule is C[C@@H]1CCCCN1C(=O)CSc1nnc(-c2ccncc2)n1C. The van der Waals surface area contributed by atoms with Crippen molar-refractivity contribution in [3.63, 3.8) is 0 Å². The van der Waals surface area contributed by atoms with Crippen LogP contribution in [0.5, 0.6) is 0 Å². The Hall–Kier alpha value is -1.89. The summed E-state index contributed by atoms with van der Waals surface area (Å²) in [5.41, 5.74) is 0.970. The van der Waals surface area contributed by atoms with Crippen molar-refractivity contribution in [2.45, 2.75) is 37.4 Å². The van der Waals surface area contributed by atoms with Gasteiger partial charge < -0.3 is 9.47 Å². The molecule has 122 valence electrons. The highest BCUT2D eigenvalue weighted by Gasteiger charge is 2.23. The molecule has 0 unspecified atom stereocenters. The maximum Gasteiger partial charge on any atom is 0.233 e. The standard InChI is InChI=1S/C16H21N5OS/c1-12-5-3-4-10-21(12)14(22)11-23-16-19-18-15(20(16)2)13-6-8-17-9-7-13/h6-9,12H,3-5,10-11H2,1-2H3/t12-/m1/s1. The lowest BCUT2D eigenvalue weighted by molar-refractivity contribution is -0.131. The Morgan fingerprint density at radius 2 is 2.09 bits per heavy atom. The lowest BCUT2D eigenvalue weighted by Crippen LogP contribution is -2.42. The van der Waals surface area contributed by atoms with Gasteiger partial charge in [0.15, 0.2) is 11.0 Å². The predicted octanol–water partition coefficient (Wildman–Crippen LogP) is 2.37. The molecule has 1 aliphatic heterocycles. The van der Waals surface area contributed by atoms with Gasteiger partial charge in [0.25, 0.3) is 0 Å². The number of hydrogen-bond acceptors (Lipinski definition) is 5. The van der Waals surface area contributed by atoms with Crippen molar-refractivity contribution in [3.05, 3.63) is 24.5 Å². The van der Waals surface area contributed by atoms with Crippen LogP contribution in [0.4, 0.5) is 0 Å². The van der Waals surface area contributed by atoms with Crippen LogP contribution in [0, 0.1) is 0 Å². The van der Waals surface area contributed by atoms with Gasteiger partial charge >= 0.3 is 0 Å². The Kier molecular flexibility index (Phi) is 4.95. The summed E-state index contributed by atoms with van der Waals surface area (Å²) in [6.45, 7) is 3.01. The lowest BCUT2D eigenvalue weighted by Gasteiger charge is -2.33. The molecular weight excluding hydrogens is 310 g/mol. The molecule has 0 N–H and O–H groups in total. The van der Waals surface area contributed by atoms with E-state index < -0.39 is 0 Å². The molecule has 3 rings (SSSR count). The molecule has 1 fully saturated rings. The second kappa shape index (κ2) is 7.12. The Balaban J connectivity index is 1.65. The van der Waals surface area contributed by atoms with Crippen molar-refractivity contribution < 1.29 is 4.79 Å². The second-order valence-electron chi connectivity index (χ2n) is 5.82. The largest absolute Gasteiger partial charge is 0.339 e. The van der Waals surface area contributed by atoms with Gasteiger partial charge in [-0.25, -0.2) is 0 Å². The Morgan fingerprint density at radius 1 is 1.30 bits per heavy atom. The molecule has 2 aromatic rings. The summed E-state index contributed by atoms with van der Waals surface area (Å²) in [5.74, 6) is 1.39. The highest BCUT2D eigenvalue weighted by molar-refractivity contribution is 7.99. The van der Waals surface area contributed by atoms with E-state index in [1.807, 2.05) is 28.6 Å². The smallest absolute Gasteiger partial charge is 0.233 e. The van der Waals surface area contributed by atoms with E-state index in [-0.39, 0.29) is 5.91 Å². The van der Waals surface area contributed by atoms with Gasteiger partial charge in [-0.3, -0.25) is 9.78 Å². The van der Waals surface area contributed by atoms with E-state index in [0.717, 1.165) is 35.9 Å².